The maximum atomic E-state index is 7.10. The third-order valence-corrected chi connectivity index (χ3v) is 11.7. The van der Waals surface area contributed by atoms with E-state index in [1.165, 1.54) is 38.6 Å². The van der Waals surface area contributed by atoms with Crippen molar-refractivity contribution in [2.24, 2.45) is 0 Å². The molecule has 10 aromatic rings. The molecule has 266 valence electrons. The summed E-state index contributed by atoms with van der Waals surface area (Å²) in [4.78, 5) is 15.0. The molecule has 2 aliphatic heterocycles. The van der Waals surface area contributed by atoms with Crippen molar-refractivity contribution in [1.82, 2.24) is 19.5 Å². The quantitative estimate of drug-likeness (QED) is 0.181. The van der Waals surface area contributed by atoms with Gasteiger partial charge < -0.3 is 9.30 Å². The van der Waals surface area contributed by atoms with E-state index < -0.39 is 5.41 Å². The van der Waals surface area contributed by atoms with Gasteiger partial charge in [-0.2, -0.15) is 0 Å². The molecule has 57 heavy (non-hydrogen) atoms. The minimum atomic E-state index is -0.651. The Morgan fingerprint density at radius 1 is 0.404 bits per heavy atom. The fourth-order valence-corrected chi connectivity index (χ4v) is 9.34. The highest BCUT2D eigenvalue weighted by atomic mass is 16.5. The standard InChI is InChI=1S/C52H32N4O/c1-3-16-33(17-4-1)49-53-50(34-18-5-2-6-19-34)55-51(54-49)36-21-13-20-35(32-36)37-23-14-28-43-48(37)57-46-31-12-9-26-41(46)52(43)40-25-8-11-30-45(40)56-44-29-10-7-22-38(44)39-24-15-27-42(52)47(39)56/h1-32H. The van der Waals surface area contributed by atoms with Gasteiger partial charge in [0.15, 0.2) is 17.5 Å². The Labute approximate surface area is 329 Å². The number of rotatable bonds is 4. The maximum absolute atomic E-state index is 7.10. The average Bonchev–Trinajstić information content (AvgIpc) is 3.63. The largest absolute Gasteiger partial charge is 0.456 e. The lowest BCUT2D eigenvalue weighted by molar-refractivity contribution is 0.435. The zero-order valence-corrected chi connectivity index (χ0v) is 30.7. The van der Waals surface area contributed by atoms with Gasteiger partial charge in [-0.3, -0.25) is 0 Å². The molecule has 0 bridgehead atoms. The third-order valence-electron chi connectivity index (χ3n) is 11.7. The fourth-order valence-electron chi connectivity index (χ4n) is 9.34. The summed E-state index contributed by atoms with van der Waals surface area (Å²) in [6.07, 6.45) is 0. The van der Waals surface area contributed by atoms with Gasteiger partial charge in [-0.05, 0) is 41.0 Å². The number of nitrogens with zero attached hydrogens (tertiary/aromatic N) is 4. The SMILES string of the molecule is c1ccc(-c2nc(-c3ccccc3)nc(-c3cccc(-c4cccc5c4Oc4ccccc4C54c5ccccc5-n5c6ccccc6c6cccc4c65)c3)n2)cc1. The Hall–Kier alpha value is -7.63. The minimum Gasteiger partial charge on any atom is -0.456 e. The second-order valence-electron chi connectivity index (χ2n) is 14.7. The number of ether oxygens (including phenoxy) is 1. The van der Waals surface area contributed by atoms with Gasteiger partial charge in [-0.1, -0.05) is 170 Å². The third kappa shape index (κ3) is 4.54. The Morgan fingerprint density at radius 2 is 0.947 bits per heavy atom. The van der Waals surface area contributed by atoms with Crippen LogP contribution in [-0.2, 0) is 5.41 Å². The first-order valence-electron chi connectivity index (χ1n) is 19.3. The minimum absolute atomic E-state index is 0.609. The van der Waals surface area contributed by atoms with Crippen LogP contribution in [0.15, 0.2) is 194 Å². The van der Waals surface area contributed by atoms with Crippen molar-refractivity contribution < 1.29 is 4.74 Å². The number of fused-ring (bicyclic) bond motifs is 11. The average molecular weight is 729 g/mol. The lowest BCUT2D eigenvalue weighted by Crippen LogP contribution is -2.37. The number of para-hydroxylation sites is 5. The molecule has 5 nitrogen and oxygen atoms in total. The Bertz CT molecular complexity index is 3170. The molecule has 4 heterocycles. The van der Waals surface area contributed by atoms with E-state index in [1.807, 2.05) is 60.7 Å². The molecule has 1 atom stereocenters. The van der Waals surface area contributed by atoms with Crippen LogP contribution >= 0.6 is 0 Å². The smallest absolute Gasteiger partial charge is 0.164 e. The van der Waals surface area contributed by atoms with Crippen LogP contribution in [0.4, 0.5) is 0 Å². The topological polar surface area (TPSA) is 52.8 Å². The molecule has 0 saturated carbocycles. The zero-order valence-electron chi connectivity index (χ0n) is 30.7. The van der Waals surface area contributed by atoms with Gasteiger partial charge in [-0.25, -0.2) is 15.0 Å². The van der Waals surface area contributed by atoms with Gasteiger partial charge >= 0.3 is 0 Å². The molecule has 0 saturated heterocycles. The van der Waals surface area contributed by atoms with E-state index in [1.54, 1.807) is 0 Å². The van der Waals surface area contributed by atoms with Crippen molar-refractivity contribution in [1.29, 1.82) is 0 Å². The molecule has 2 aliphatic rings. The van der Waals surface area contributed by atoms with Crippen molar-refractivity contribution in [3.63, 3.8) is 0 Å². The maximum Gasteiger partial charge on any atom is 0.164 e. The van der Waals surface area contributed by atoms with E-state index in [0.29, 0.717) is 17.5 Å². The number of hydrogen-bond donors (Lipinski definition) is 0. The van der Waals surface area contributed by atoms with E-state index >= 15 is 0 Å². The predicted octanol–water partition coefficient (Wildman–Crippen LogP) is 12.4. The summed E-state index contributed by atoms with van der Waals surface area (Å²) in [6.45, 7) is 0. The molecule has 0 amide bonds. The van der Waals surface area contributed by atoms with Crippen LogP contribution in [0.5, 0.6) is 11.5 Å². The summed E-state index contributed by atoms with van der Waals surface area (Å²) in [5.74, 6) is 3.56. The predicted molar refractivity (Wildman–Crippen MR) is 228 cm³/mol. The highest BCUT2D eigenvalue weighted by Crippen LogP contribution is 2.61. The monoisotopic (exact) mass is 728 g/mol. The van der Waals surface area contributed by atoms with Crippen LogP contribution in [0.1, 0.15) is 22.3 Å². The molecule has 8 aromatic carbocycles. The van der Waals surface area contributed by atoms with Gasteiger partial charge in [0, 0.05) is 44.2 Å². The summed E-state index contributed by atoms with van der Waals surface area (Å²) in [6, 6.07) is 68.3. The highest BCUT2D eigenvalue weighted by molar-refractivity contribution is 6.12. The van der Waals surface area contributed by atoms with Crippen molar-refractivity contribution in [2.45, 2.75) is 5.41 Å². The molecular formula is C52H32N4O. The van der Waals surface area contributed by atoms with E-state index in [0.717, 1.165) is 50.4 Å². The summed E-state index contributed by atoms with van der Waals surface area (Å²) < 4.78 is 9.57. The van der Waals surface area contributed by atoms with Gasteiger partial charge in [0.05, 0.1) is 22.1 Å². The van der Waals surface area contributed by atoms with E-state index in [-0.39, 0.29) is 0 Å². The Morgan fingerprint density at radius 3 is 1.74 bits per heavy atom. The van der Waals surface area contributed by atoms with E-state index in [9.17, 15) is 0 Å². The van der Waals surface area contributed by atoms with E-state index in [2.05, 4.69) is 138 Å². The molecule has 0 fully saturated rings. The van der Waals surface area contributed by atoms with Crippen molar-refractivity contribution in [3.8, 4) is 62.5 Å². The lowest BCUT2D eigenvalue weighted by atomic mass is 9.61. The second kappa shape index (κ2) is 12.2. The van der Waals surface area contributed by atoms with Crippen LogP contribution in [-0.4, -0.2) is 19.5 Å². The van der Waals surface area contributed by atoms with Crippen LogP contribution in [0, 0.1) is 0 Å². The Balaban J connectivity index is 1.10. The van der Waals surface area contributed by atoms with Gasteiger partial charge in [0.2, 0.25) is 0 Å². The second-order valence-corrected chi connectivity index (χ2v) is 14.7. The first-order valence-corrected chi connectivity index (χ1v) is 19.3. The van der Waals surface area contributed by atoms with Crippen molar-refractivity contribution >= 4 is 21.8 Å². The van der Waals surface area contributed by atoms with Crippen LogP contribution in [0.25, 0.3) is 72.8 Å². The first kappa shape index (κ1) is 31.7. The van der Waals surface area contributed by atoms with Gasteiger partial charge in [0.1, 0.15) is 11.5 Å². The normalized spacial score (nSPS) is 14.9. The summed E-state index contributed by atoms with van der Waals surface area (Å²) >= 11 is 0. The number of hydrogen-bond acceptors (Lipinski definition) is 4. The van der Waals surface area contributed by atoms with Crippen LogP contribution < -0.4 is 4.74 Å². The highest BCUT2D eigenvalue weighted by Gasteiger charge is 2.50. The first-order chi connectivity index (χ1) is 28.3. The molecule has 0 radical (unpaired) electrons. The summed E-state index contributed by atoms with van der Waals surface area (Å²) in [5, 5.41) is 2.49. The molecule has 0 aliphatic carbocycles. The summed E-state index contributed by atoms with van der Waals surface area (Å²) in [5.41, 5.74) is 12.4. The van der Waals surface area contributed by atoms with Crippen molar-refractivity contribution in [3.05, 3.63) is 216 Å². The molecule has 12 rings (SSSR count). The molecule has 0 N–H and O–H groups in total. The van der Waals surface area contributed by atoms with Gasteiger partial charge in [0.25, 0.3) is 0 Å². The molecule has 2 aromatic heterocycles. The van der Waals surface area contributed by atoms with Crippen LogP contribution in [0.3, 0.4) is 0 Å². The molecule has 1 spiro atoms. The van der Waals surface area contributed by atoms with Gasteiger partial charge in [-0.15, -0.1) is 0 Å². The molecule has 1 unspecified atom stereocenters. The lowest BCUT2D eigenvalue weighted by Gasteiger charge is -2.45. The van der Waals surface area contributed by atoms with E-state index in [4.69, 9.17) is 19.7 Å². The summed E-state index contributed by atoms with van der Waals surface area (Å²) in [7, 11) is 0. The fraction of sp³-hybridized carbons (Fsp3) is 0.0192. The Kier molecular flexibility index (Phi) is 6.78. The molecule has 5 heteroatoms. The molecular weight excluding hydrogens is 697 g/mol. The van der Waals surface area contributed by atoms with Crippen LogP contribution in [0.2, 0.25) is 0 Å². The zero-order chi connectivity index (χ0) is 37.5. The number of aromatic nitrogens is 4. The van der Waals surface area contributed by atoms with Crippen molar-refractivity contribution in [2.75, 3.05) is 0 Å². The number of benzene rings is 8.